The minimum absolute atomic E-state index is 0.604. The van der Waals surface area contributed by atoms with Gasteiger partial charge >= 0.3 is 0 Å². The van der Waals surface area contributed by atoms with E-state index in [1.54, 1.807) is 0 Å². The molecule has 0 spiro atoms. The first-order chi connectivity index (χ1) is 8.26. The maximum atomic E-state index is 4.61. The van der Waals surface area contributed by atoms with Crippen molar-refractivity contribution in [2.45, 2.75) is 52.2 Å². The second kappa shape index (κ2) is 5.83. The normalized spacial score (nSPS) is 15.9. The molecular formula is C13H20BrN3. The topological polar surface area (TPSA) is 29.9 Å². The molecule has 0 aliphatic heterocycles. The molecule has 0 radical (unpaired) electrons. The summed E-state index contributed by atoms with van der Waals surface area (Å²) in [4.78, 5) is 0. The van der Waals surface area contributed by atoms with Gasteiger partial charge in [-0.05, 0) is 42.1 Å². The van der Waals surface area contributed by atoms with E-state index in [1.807, 2.05) is 0 Å². The van der Waals surface area contributed by atoms with Gasteiger partial charge in [0.05, 0.1) is 15.9 Å². The van der Waals surface area contributed by atoms with Crippen molar-refractivity contribution in [2.24, 2.45) is 0 Å². The van der Waals surface area contributed by atoms with E-state index in [9.17, 15) is 0 Å². The van der Waals surface area contributed by atoms with Gasteiger partial charge in [-0.15, -0.1) is 0 Å². The summed E-state index contributed by atoms with van der Waals surface area (Å²) >= 11 is 3.67. The highest BCUT2D eigenvalue weighted by Crippen LogP contribution is 2.22. The second-order valence-corrected chi connectivity index (χ2v) is 5.19. The fourth-order valence-electron chi connectivity index (χ4n) is 2.21. The summed E-state index contributed by atoms with van der Waals surface area (Å²) in [6.45, 7) is 6.11. The zero-order valence-corrected chi connectivity index (χ0v) is 12.1. The van der Waals surface area contributed by atoms with Crippen LogP contribution >= 0.6 is 15.9 Å². The third kappa shape index (κ3) is 2.80. The summed E-state index contributed by atoms with van der Waals surface area (Å²) in [6.07, 6.45) is 7.78. The summed E-state index contributed by atoms with van der Waals surface area (Å²) in [6, 6.07) is 0.604. The molecule has 0 amide bonds. The van der Waals surface area contributed by atoms with Gasteiger partial charge in [0.2, 0.25) is 0 Å². The van der Waals surface area contributed by atoms with Crippen molar-refractivity contribution < 1.29 is 0 Å². The lowest BCUT2D eigenvalue weighted by atomic mass is 10.2. The lowest BCUT2D eigenvalue weighted by molar-refractivity contribution is 0.507. The molecule has 0 fully saturated rings. The molecule has 1 aromatic rings. The van der Waals surface area contributed by atoms with Gasteiger partial charge in [-0.25, -0.2) is 0 Å². The van der Waals surface area contributed by atoms with Crippen molar-refractivity contribution >= 4 is 15.9 Å². The molecule has 0 saturated carbocycles. The molecule has 0 aromatic carbocycles. The Balaban J connectivity index is 2.05. The van der Waals surface area contributed by atoms with Crippen LogP contribution in [0.25, 0.3) is 0 Å². The quantitative estimate of drug-likeness (QED) is 0.847. The number of hydrogen-bond acceptors (Lipinski definition) is 2. The first-order valence-corrected chi connectivity index (χ1v) is 7.18. The summed E-state index contributed by atoms with van der Waals surface area (Å²) < 4.78 is 3.28. The third-order valence-corrected chi connectivity index (χ3v) is 4.18. The molecule has 0 saturated heterocycles. The van der Waals surface area contributed by atoms with E-state index in [0.29, 0.717) is 6.04 Å². The molecule has 0 atom stereocenters. The van der Waals surface area contributed by atoms with Crippen molar-refractivity contribution in [2.75, 3.05) is 0 Å². The third-order valence-electron chi connectivity index (χ3n) is 3.26. The lowest BCUT2D eigenvalue weighted by Gasteiger charge is -2.13. The van der Waals surface area contributed by atoms with Crippen LogP contribution in [0.15, 0.2) is 16.6 Å². The van der Waals surface area contributed by atoms with Gasteiger partial charge in [0.1, 0.15) is 0 Å². The van der Waals surface area contributed by atoms with Crippen molar-refractivity contribution in [3.63, 3.8) is 0 Å². The van der Waals surface area contributed by atoms with Gasteiger partial charge < -0.3 is 5.32 Å². The Hall–Kier alpha value is -0.610. The lowest BCUT2D eigenvalue weighted by Crippen LogP contribution is -2.27. The summed E-state index contributed by atoms with van der Waals surface area (Å²) in [7, 11) is 0. The van der Waals surface area contributed by atoms with Crippen LogP contribution < -0.4 is 5.32 Å². The maximum absolute atomic E-state index is 4.61. The van der Waals surface area contributed by atoms with E-state index in [-0.39, 0.29) is 0 Å². The smallest absolute Gasteiger partial charge is 0.0767 e. The summed E-state index contributed by atoms with van der Waals surface area (Å²) in [5.41, 5.74) is 2.43. The zero-order valence-electron chi connectivity index (χ0n) is 10.5. The Kier molecular flexibility index (Phi) is 4.40. The number of rotatable bonds is 5. The predicted octanol–water partition coefficient (Wildman–Crippen LogP) is 3.04. The monoisotopic (exact) mass is 297 g/mol. The van der Waals surface area contributed by atoms with Crippen molar-refractivity contribution in [3.05, 3.63) is 28.0 Å². The van der Waals surface area contributed by atoms with Crippen LogP contribution in [0.2, 0.25) is 0 Å². The SMILES string of the molecule is CCc1nn(CC)c(CNC2CC=CC2)c1Br. The van der Waals surface area contributed by atoms with Crippen molar-refractivity contribution in [3.8, 4) is 0 Å². The van der Waals surface area contributed by atoms with Crippen LogP contribution in [0, 0.1) is 0 Å². The molecule has 1 aromatic heterocycles. The molecule has 17 heavy (non-hydrogen) atoms. The average molecular weight is 298 g/mol. The number of aryl methyl sites for hydroxylation is 2. The fourth-order valence-corrected chi connectivity index (χ4v) is 2.92. The van der Waals surface area contributed by atoms with E-state index in [4.69, 9.17) is 0 Å². The number of nitrogens with zero attached hydrogens (tertiary/aromatic N) is 2. The summed E-state index contributed by atoms with van der Waals surface area (Å²) in [5.74, 6) is 0. The average Bonchev–Trinajstić information content (AvgIpc) is 2.94. The first kappa shape index (κ1) is 12.8. The maximum Gasteiger partial charge on any atom is 0.0767 e. The molecule has 94 valence electrons. The zero-order chi connectivity index (χ0) is 12.3. The second-order valence-electron chi connectivity index (χ2n) is 4.40. The van der Waals surface area contributed by atoms with E-state index in [0.717, 1.165) is 38.0 Å². The molecule has 4 heteroatoms. The van der Waals surface area contributed by atoms with Gasteiger partial charge in [0.15, 0.2) is 0 Å². The highest BCUT2D eigenvalue weighted by Gasteiger charge is 2.15. The molecule has 1 aliphatic carbocycles. The Bertz CT molecular complexity index is 401. The van der Waals surface area contributed by atoms with Crippen LogP contribution in [0.1, 0.15) is 38.1 Å². The van der Waals surface area contributed by atoms with Gasteiger partial charge in [-0.3, -0.25) is 4.68 Å². The van der Waals surface area contributed by atoms with Crippen LogP contribution in [0.5, 0.6) is 0 Å². The van der Waals surface area contributed by atoms with Gasteiger partial charge in [-0.1, -0.05) is 19.1 Å². The highest BCUT2D eigenvalue weighted by atomic mass is 79.9. The Morgan fingerprint density at radius 1 is 1.41 bits per heavy atom. The molecule has 1 aliphatic rings. The Morgan fingerprint density at radius 3 is 2.71 bits per heavy atom. The van der Waals surface area contributed by atoms with E-state index < -0.39 is 0 Å². The highest BCUT2D eigenvalue weighted by molar-refractivity contribution is 9.10. The van der Waals surface area contributed by atoms with E-state index in [1.165, 1.54) is 10.2 Å². The molecule has 3 nitrogen and oxygen atoms in total. The fraction of sp³-hybridized carbons (Fsp3) is 0.615. The molecule has 0 unspecified atom stereocenters. The van der Waals surface area contributed by atoms with E-state index >= 15 is 0 Å². The first-order valence-electron chi connectivity index (χ1n) is 6.38. The molecule has 0 bridgehead atoms. The predicted molar refractivity (Wildman–Crippen MR) is 74.0 cm³/mol. The van der Waals surface area contributed by atoms with Gasteiger partial charge in [-0.2, -0.15) is 5.10 Å². The molecular weight excluding hydrogens is 278 g/mol. The number of halogens is 1. The Labute approximate surface area is 111 Å². The minimum Gasteiger partial charge on any atom is -0.308 e. The van der Waals surface area contributed by atoms with Crippen molar-refractivity contribution in [1.82, 2.24) is 15.1 Å². The van der Waals surface area contributed by atoms with Crippen LogP contribution in [0.4, 0.5) is 0 Å². The minimum atomic E-state index is 0.604. The number of aromatic nitrogens is 2. The molecule has 1 N–H and O–H groups in total. The summed E-state index contributed by atoms with van der Waals surface area (Å²) in [5, 5.41) is 8.20. The molecule has 1 heterocycles. The molecule has 2 rings (SSSR count). The largest absolute Gasteiger partial charge is 0.308 e. The van der Waals surface area contributed by atoms with Gasteiger partial charge in [0.25, 0.3) is 0 Å². The number of nitrogens with one attached hydrogen (secondary N) is 1. The van der Waals surface area contributed by atoms with E-state index in [2.05, 4.69) is 57.0 Å². The van der Waals surface area contributed by atoms with Crippen LogP contribution in [0.3, 0.4) is 0 Å². The Morgan fingerprint density at radius 2 is 2.12 bits per heavy atom. The van der Waals surface area contributed by atoms with Crippen LogP contribution in [-0.4, -0.2) is 15.8 Å². The van der Waals surface area contributed by atoms with Crippen molar-refractivity contribution in [1.29, 1.82) is 0 Å². The van der Waals surface area contributed by atoms with Crippen LogP contribution in [-0.2, 0) is 19.5 Å². The standard InChI is InChI=1S/C13H20BrN3/c1-3-11-13(14)12(17(4-2)16-11)9-15-10-7-5-6-8-10/h5-6,10,15H,3-4,7-9H2,1-2H3. The number of hydrogen-bond donors (Lipinski definition) is 1. The van der Waals surface area contributed by atoms with Gasteiger partial charge in [0, 0.05) is 19.1 Å².